The van der Waals surface area contributed by atoms with Crippen molar-refractivity contribution >= 4 is 23.2 Å². The summed E-state index contributed by atoms with van der Waals surface area (Å²) in [6.07, 6.45) is 0. The van der Waals surface area contributed by atoms with Gasteiger partial charge in [-0.2, -0.15) is 5.26 Å². The molecule has 0 atom stereocenters. The SMILES string of the molecule is COc1ccc(-c2cc(-c3ccc(Cl)cc3Cl)c(C#N)c(OC)n2)cc1. The fourth-order valence-corrected chi connectivity index (χ4v) is 3.12. The lowest BCUT2D eigenvalue weighted by Crippen LogP contribution is -1.98. The van der Waals surface area contributed by atoms with E-state index >= 15 is 0 Å². The fourth-order valence-electron chi connectivity index (χ4n) is 2.61. The first-order chi connectivity index (χ1) is 12.6. The van der Waals surface area contributed by atoms with Crippen molar-refractivity contribution < 1.29 is 9.47 Å². The van der Waals surface area contributed by atoms with Crippen molar-refractivity contribution in [3.8, 4) is 40.1 Å². The van der Waals surface area contributed by atoms with Crippen molar-refractivity contribution in [2.75, 3.05) is 14.2 Å². The Bertz CT molecular complexity index is 996. The summed E-state index contributed by atoms with van der Waals surface area (Å²) in [4.78, 5) is 4.47. The van der Waals surface area contributed by atoms with E-state index < -0.39 is 0 Å². The highest BCUT2D eigenvalue weighted by Gasteiger charge is 2.18. The molecule has 2 aromatic carbocycles. The minimum atomic E-state index is 0.238. The van der Waals surface area contributed by atoms with Gasteiger partial charge in [-0.05, 0) is 42.5 Å². The molecule has 0 aliphatic rings. The van der Waals surface area contributed by atoms with E-state index in [0.717, 1.165) is 11.3 Å². The van der Waals surface area contributed by atoms with Gasteiger partial charge in [-0.15, -0.1) is 0 Å². The third kappa shape index (κ3) is 3.45. The maximum Gasteiger partial charge on any atom is 0.232 e. The van der Waals surface area contributed by atoms with Crippen molar-refractivity contribution in [1.82, 2.24) is 4.98 Å². The van der Waals surface area contributed by atoms with Crippen LogP contribution in [0.2, 0.25) is 10.0 Å². The van der Waals surface area contributed by atoms with Gasteiger partial charge in [0.15, 0.2) is 0 Å². The molecule has 1 heterocycles. The first-order valence-electron chi connectivity index (χ1n) is 7.66. The maximum absolute atomic E-state index is 9.61. The van der Waals surface area contributed by atoms with E-state index in [9.17, 15) is 5.26 Å². The molecule has 26 heavy (non-hydrogen) atoms. The zero-order valence-electron chi connectivity index (χ0n) is 14.1. The highest BCUT2D eigenvalue weighted by Crippen LogP contribution is 2.37. The minimum absolute atomic E-state index is 0.238. The molecule has 0 unspecified atom stereocenters. The number of ether oxygens (including phenoxy) is 2. The van der Waals surface area contributed by atoms with Crippen LogP contribution in [0.4, 0.5) is 0 Å². The number of methoxy groups -OCH3 is 2. The molecule has 0 bridgehead atoms. The predicted octanol–water partition coefficient (Wildman–Crippen LogP) is 5.61. The Morgan fingerprint density at radius 1 is 0.923 bits per heavy atom. The lowest BCUT2D eigenvalue weighted by atomic mass is 9.98. The monoisotopic (exact) mass is 384 g/mol. The molecule has 3 rings (SSSR count). The van der Waals surface area contributed by atoms with E-state index in [-0.39, 0.29) is 5.88 Å². The Labute approximate surface area is 161 Å². The summed E-state index contributed by atoms with van der Waals surface area (Å²) in [6, 6.07) is 16.6. The first kappa shape index (κ1) is 18.1. The third-order valence-corrected chi connectivity index (χ3v) is 4.45. The molecule has 0 saturated carbocycles. The maximum atomic E-state index is 9.61. The highest BCUT2D eigenvalue weighted by molar-refractivity contribution is 6.36. The number of nitriles is 1. The molecule has 0 N–H and O–H groups in total. The zero-order chi connectivity index (χ0) is 18.7. The van der Waals surface area contributed by atoms with Crippen LogP contribution in [0.25, 0.3) is 22.4 Å². The van der Waals surface area contributed by atoms with Crippen molar-refractivity contribution in [2.24, 2.45) is 0 Å². The number of rotatable bonds is 4. The summed E-state index contributed by atoms with van der Waals surface area (Å²) in [7, 11) is 3.09. The molecule has 1 aromatic heterocycles. The van der Waals surface area contributed by atoms with Crippen LogP contribution in [-0.2, 0) is 0 Å². The van der Waals surface area contributed by atoms with Gasteiger partial charge < -0.3 is 9.47 Å². The quantitative estimate of drug-likeness (QED) is 0.586. The summed E-state index contributed by atoms with van der Waals surface area (Å²) in [5, 5.41) is 10.6. The molecule has 0 amide bonds. The predicted molar refractivity (Wildman–Crippen MR) is 103 cm³/mol. The van der Waals surface area contributed by atoms with E-state index in [0.29, 0.717) is 32.4 Å². The lowest BCUT2D eigenvalue weighted by molar-refractivity contribution is 0.397. The van der Waals surface area contributed by atoms with Gasteiger partial charge in [0.1, 0.15) is 17.4 Å². The molecule has 0 spiro atoms. The minimum Gasteiger partial charge on any atom is -0.497 e. The van der Waals surface area contributed by atoms with E-state index in [2.05, 4.69) is 11.1 Å². The zero-order valence-corrected chi connectivity index (χ0v) is 15.6. The topological polar surface area (TPSA) is 55.1 Å². The molecule has 130 valence electrons. The van der Waals surface area contributed by atoms with E-state index in [1.165, 1.54) is 7.11 Å². The normalized spacial score (nSPS) is 10.3. The van der Waals surface area contributed by atoms with Crippen LogP contribution in [0.5, 0.6) is 11.6 Å². The number of hydrogen-bond acceptors (Lipinski definition) is 4. The van der Waals surface area contributed by atoms with Crippen LogP contribution in [0.3, 0.4) is 0 Å². The van der Waals surface area contributed by atoms with Gasteiger partial charge in [0, 0.05) is 26.7 Å². The summed E-state index contributed by atoms with van der Waals surface area (Å²) in [6.45, 7) is 0. The van der Waals surface area contributed by atoms with Crippen molar-refractivity contribution in [2.45, 2.75) is 0 Å². The Kier molecular flexibility index (Phi) is 5.32. The Morgan fingerprint density at radius 2 is 1.65 bits per heavy atom. The second-order valence-corrected chi connectivity index (χ2v) is 6.25. The Hall–Kier alpha value is -2.74. The van der Waals surface area contributed by atoms with Gasteiger partial charge in [0.2, 0.25) is 5.88 Å². The van der Waals surface area contributed by atoms with Crippen LogP contribution in [0.1, 0.15) is 5.56 Å². The van der Waals surface area contributed by atoms with Crippen molar-refractivity contribution in [3.05, 3.63) is 64.1 Å². The highest BCUT2D eigenvalue weighted by atomic mass is 35.5. The number of aromatic nitrogens is 1. The molecule has 6 heteroatoms. The standard InChI is InChI=1S/C20H14Cl2N2O2/c1-25-14-6-3-12(4-7-14)19-10-16(17(11-23)20(24-19)26-2)15-8-5-13(21)9-18(15)22/h3-10H,1-2H3. The van der Waals surface area contributed by atoms with E-state index in [4.69, 9.17) is 32.7 Å². The number of hydrogen-bond donors (Lipinski definition) is 0. The largest absolute Gasteiger partial charge is 0.497 e. The van der Waals surface area contributed by atoms with Crippen molar-refractivity contribution in [3.63, 3.8) is 0 Å². The second-order valence-electron chi connectivity index (χ2n) is 5.40. The van der Waals surface area contributed by atoms with E-state index in [1.54, 1.807) is 25.3 Å². The second kappa shape index (κ2) is 7.65. The first-order valence-corrected chi connectivity index (χ1v) is 8.42. The number of benzene rings is 2. The average Bonchev–Trinajstić information content (AvgIpc) is 2.67. The average molecular weight is 385 g/mol. The van der Waals surface area contributed by atoms with Crippen LogP contribution < -0.4 is 9.47 Å². The van der Waals surface area contributed by atoms with Gasteiger partial charge in [-0.25, -0.2) is 4.98 Å². The molecular weight excluding hydrogens is 371 g/mol. The molecule has 0 aliphatic carbocycles. The summed E-state index contributed by atoms with van der Waals surface area (Å²) in [5.74, 6) is 0.983. The van der Waals surface area contributed by atoms with E-state index in [1.807, 2.05) is 30.3 Å². The number of pyridine rings is 1. The summed E-state index contributed by atoms with van der Waals surface area (Å²) < 4.78 is 10.5. The number of halogens is 2. The molecule has 4 nitrogen and oxygen atoms in total. The Balaban J connectivity index is 2.23. The van der Waals surface area contributed by atoms with Gasteiger partial charge in [-0.1, -0.05) is 29.3 Å². The van der Waals surface area contributed by atoms with Gasteiger partial charge in [-0.3, -0.25) is 0 Å². The molecule has 0 radical (unpaired) electrons. The van der Waals surface area contributed by atoms with Crippen LogP contribution >= 0.6 is 23.2 Å². The van der Waals surface area contributed by atoms with Gasteiger partial charge in [0.05, 0.1) is 19.9 Å². The summed E-state index contributed by atoms with van der Waals surface area (Å²) >= 11 is 12.3. The van der Waals surface area contributed by atoms with Gasteiger partial charge >= 0.3 is 0 Å². The molecular formula is C20H14Cl2N2O2. The van der Waals surface area contributed by atoms with Gasteiger partial charge in [0.25, 0.3) is 0 Å². The Morgan fingerprint density at radius 3 is 2.23 bits per heavy atom. The summed E-state index contributed by atoms with van der Waals surface area (Å²) in [5.41, 5.74) is 3.15. The van der Waals surface area contributed by atoms with Crippen LogP contribution in [0, 0.1) is 11.3 Å². The van der Waals surface area contributed by atoms with Crippen LogP contribution in [-0.4, -0.2) is 19.2 Å². The molecule has 0 fully saturated rings. The molecule has 3 aromatic rings. The van der Waals surface area contributed by atoms with Crippen LogP contribution in [0.15, 0.2) is 48.5 Å². The third-order valence-electron chi connectivity index (χ3n) is 3.90. The molecule has 0 aliphatic heterocycles. The lowest BCUT2D eigenvalue weighted by Gasteiger charge is -2.13. The number of nitrogens with zero attached hydrogens (tertiary/aromatic N) is 2. The smallest absolute Gasteiger partial charge is 0.232 e. The molecule has 0 saturated heterocycles. The van der Waals surface area contributed by atoms with Crippen molar-refractivity contribution in [1.29, 1.82) is 5.26 Å². The fraction of sp³-hybridized carbons (Fsp3) is 0.100.